The summed E-state index contributed by atoms with van der Waals surface area (Å²) in [5.41, 5.74) is 9.72. The number of ether oxygens (including phenoxy) is 1. The van der Waals surface area contributed by atoms with Gasteiger partial charge in [-0.3, -0.25) is 4.98 Å². The van der Waals surface area contributed by atoms with Crippen LogP contribution in [0.25, 0.3) is 21.9 Å². The number of halogens is 1. The van der Waals surface area contributed by atoms with E-state index in [1.54, 1.807) is 12.5 Å². The molecule has 0 radical (unpaired) electrons. The number of imidazole rings is 1. The third-order valence-electron chi connectivity index (χ3n) is 3.95. The molecule has 0 saturated heterocycles. The second-order valence-corrected chi connectivity index (χ2v) is 5.56. The fourth-order valence-corrected chi connectivity index (χ4v) is 2.81. The van der Waals surface area contributed by atoms with Crippen molar-refractivity contribution in [2.24, 2.45) is 0 Å². The Labute approximate surface area is 151 Å². The predicted octanol–water partition coefficient (Wildman–Crippen LogP) is 3.20. The smallest absolute Gasteiger partial charge is 0.152 e. The standard InChI is InChI=1S/C18H17N5O.ClH/c19-18-16-17(14-5-1-2-6-15(14)22-18)23(12-21-16)8-9-24-11-13-4-3-7-20-10-13;/h1-7,10,12H,8-9,11H2,(H2,19,22);1H. The molecular formula is C18H18ClN5O. The van der Waals surface area contributed by atoms with Crippen molar-refractivity contribution in [2.75, 3.05) is 12.3 Å². The molecule has 1 aromatic carbocycles. The highest BCUT2D eigenvalue weighted by molar-refractivity contribution is 6.06. The number of nitrogen functional groups attached to an aromatic ring is 1. The highest BCUT2D eigenvalue weighted by Gasteiger charge is 2.11. The molecule has 0 unspecified atom stereocenters. The lowest BCUT2D eigenvalue weighted by Gasteiger charge is -2.08. The van der Waals surface area contributed by atoms with Crippen LogP contribution in [0.5, 0.6) is 0 Å². The summed E-state index contributed by atoms with van der Waals surface area (Å²) in [6, 6.07) is 11.9. The van der Waals surface area contributed by atoms with Crippen molar-refractivity contribution in [2.45, 2.75) is 13.2 Å². The minimum Gasteiger partial charge on any atom is -0.382 e. The molecule has 0 bridgehead atoms. The van der Waals surface area contributed by atoms with Crippen LogP contribution in [-0.2, 0) is 17.9 Å². The molecule has 0 atom stereocenters. The molecule has 0 amide bonds. The van der Waals surface area contributed by atoms with Gasteiger partial charge in [0.05, 0.1) is 30.6 Å². The van der Waals surface area contributed by atoms with E-state index in [1.165, 1.54) is 0 Å². The van der Waals surface area contributed by atoms with E-state index in [2.05, 4.69) is 19.5 Å². The molecule has 3 aromatic heterocycles. The topological polar surface area (TPSA) is 78.8 Å². The summed E-state index contributed by atoms with van der Waals surface area (Å²) in [6.45, 7) is 1.83. The maximum atomic E-state index is 6.04. The van der Waals surface area contributed by atoms with Gasteiger partial charge >= 0.3 is 0 Å². The number of rotatable bonds is 5. The summed E-state index contributed by atoms with van der Waals surface area (Å²) >= 11 is 0. The van der Waals surface area contributed by atoms with Gasteiger partial charge in [-0.05, 0) is 17.7 Å². The summed E-state index contributed by atoms with van der Waals surface area (Å²) < 4.78 is 7.82. The van der Waals surface area contributed by atoms with Crippen LogP contribution in [0, 0.1) is 0 Å². The number of aromatic nitrogens is 4. The molecule has 4 rings (SSSR count). The van der Waals surface area contributed by atoms with Crippen molar-refractivity contribution in [1.82, 2.24) is 19.5 Å². The van der Waals surface area contributed by atoms with Gasteiger partial charge in [-0.25, -0.2) is 9.97 Å². The molecule has 6 nitrogen and oxygen atoms in total. The first-order valence-corrected chi connectivity index (χ1v) is 7.78. The van der Waals surface area contributed by atoms with Crippen molar-refractivity contribution < 1.29 is 4.74 Å². The lowest BCUT2D eigenvalue weighted by atomic mass is 10.2. The number of nitrogens with zero attached hydrogens (tertiary/aromatic N) is 4. The van der Waals surface area contributed by atoms with Gasteiger partial charge in [0.15, 0.2) is 5.82 Å². The Balaban J connectivity index is 0.00000182. The van der Waals surface area contributed by atoms with Crippen LogP contribution in [0.2, 0.25) is 0 Å². The minimum absolute atomic E-state index is 0. The quantitative estimate of drug-likeness (QED) is 0.556. The molecule has 128 valence electrons. The van der Waals surface area contributed by atoms with Crippen LogP contribution < -0.4 is 5.73 Å². The van der Waals surface area contributed by atoms with E-state index in [4.69, 9.17) is 10.5 Å². The Bertz CT molecular complexity index is 987. The zero-order valence-corrected chi connectivity index (χ0v) is 14.3. The van der Waals surface area contributed by atoms with Crippen LogP contribution in [-0.4, -0.2) is 26.1 Å². The molecule has 7 heteroatoms. The van der Waals surface area contributed by atoms with E-state index >= 15 is 0 Å². The molecule has 2 N–H and O–H groups in total. The van der Waals surface area contributed by atoms with Crippen LogP contribution in [0.3, 0.4) is 0 Å². The second-order valence-electron chi connectivity index (χ2n) is 5.56. The third-order valence-corrected chi connectivity index (χ3v) is 3.95. The van der Waals surface area contributed by atoms with Crippen molar-refractivity contribution in [3.8, 4) is 0 Å². The molecule has 0 spiro atoms. The number of para-hydroxylation sites is 1. The number of nitrogens with two attached hydrogens (primary N) is 1. The zero-order valence-electron chi connectivity index (χ0n) is 13.5. The zero-order chi connectivity index (χ0) is 16.4. The van der Waals surface area contributed by atoms with E-state index in [0.29, 0.717) is 25.6 Å². The first-order valence-electron chi connectivity index (χ1n) is 7.78. The number of pyridine rings is 2. The number of anilines is 1. The summed E-state index contributed by atoms with van der Waals surface area (Å²) in [4.78, 5) is 12.9. The Morgan fingerprint density at radius 3 is 2.84 bits per heavy atom. The average Bonchev–Trinajstić information content (AvgIpc) is 3.05. The highest BCUT2D eigenvalue weighted by atomic mass is 35.5. The molecule has 3 heterocycles. The van der Waals surface area contributed by atoms with Gasteiger partial charge in [0, 0.05) is 24.3 Å². The largest absolute Gasteiger partial charge is 0.382 e. The van der Waals surface area contributed by atoms with Gasteiger partial charge < -0.3 is 15.0 Å². The first kappa shape index (κ1) is 17.1. The van der Waals surface area contributed by atoms with Crippen LogP contribution in [0.1, 0.15) is 5.56 Å². The van der Waals surface area contributed by atoms with Gasteiger partial charge in [-0.15, -0.1) is 12.4 Å². The minimum atomic E-state index is 0. The summed E-state index contributed by atoms with van der Waals surface area (Å²) in [7, 11) is 0. The van der Waals surface area contributed by atoms with E-state index in [9.17, 15) is 0 Å². The van der Waals surface area contributed by atoms with Crippen LogP contribution in [0.15, 0.2) is 55.1 Å². The number of benzene rings is 1. The van der Waals surface area contributed by atoms with Crippen molar-refractivity contribution in [3.05, 3.63) is 60.7 Å². The normalized spacial score (nSPS) is 10.9. The Morgan fingerprint density at radius 1 is 1.12 bits per heavy atom. The Morgan fingerprint density at radius 2 is 2.00 bits per heavy atom. The van der Waals surface area contributed by atoms with Crippen LogP contribution in [0.4, 0.5) is 5.82 Å². The molecule has 0 aliphatic rings. The Kier molecular flexibility index (Phi) is 5.11. The summed E-state index contributed by atoms with van der Waals surface area (Å²) in [5, 5.41) is 1.05. The van der Waals surface area contributed by atoms with Gasteiger partial charge in [0.2, 0.25) is 0 Å². The SMILES string of the molecule is Cl.Nc1nc2ccccc2c2c1ncn2CCOCc1cccnc1. The third kappa shape index (κ3) is 3.40. The molecule has 0 fully saturated rings. The fraction of sp³-hybridized carbons (Fsp3) is 0.167. The molecule has 0 aliphatic carbocycles. The molecule has 0 aliphatic heterocycles. The van der Waals surface area contributed by atoms with Gasteiger partial charge in [-0.2, -0.15) is 0 Å². The highest BCUT2D eigenvalue weighted by Crippen LogP contribution is 2.26. The van der Waals surface area contributed by atoms with E-state index in [1.807, 2.05) is 42.6 Å². The molecular weight excluding hydrogens is 338 g/mol. The van der Waals surface area contributed by atoms with Crippen molar-refractivity contribution in [3.63, 3.8) is 0 Å². The number of hydrogen-bond donors (Lipinski definition) is 1. The summed E-state index contributed by atoms with van der Waals surface area (Å²) in [6.07, 6.45) is 5.36. The van der Waals surface area contributed by atoms with E-state index < -0.39 is 0 Å². The maximum absolute atomic E-state index is 6.04. The second kappa shape index (κ2) is 7.46. The lowest BCUT2D eigenvalue weighted by molar-refractivity contribution is 0.113. The van der Waals surface area contributed by atoms with E-state index in [-0.39, 0.29) is 12.4 Å². The van der Waals surface area contributed by atoms with E-state index in [0.717, 1.165) is 27.5 Å². The Hall–Kier alpha value is -2.70. The number of fused-ring (bicyclic) bond motifs is 3. The fourth-order valence-electron chi connectivity index (χ4n) is 2.81. The first-order chi connectivity index (χ1) is 11.8. The maximum Gasteiger partial charge on any atom is 0.152 e. The van der Waals surface area contributed by atoms with Gasteiger partial charge in [-0.1, -0.05) is 24.3 Å². The molecule has 4 aromatic rings. The van der Waals surface area contributed by atoms with Crippen molar-refractivity contribution in [1.29, 1.82) is 0 Å². The van der Waals surface area contributed by atoms with Gasteiger partial charge in [0.25, 0.3) is 0 Å². The monoisotopic (exact) mass is 355 g/mol. The average molecular weight is 356 g/mol. The predicted molar refractivity (Wildman–Crippen MR) is 101 cm³/mol. The number of hydrogen-bond acceptors (Lipinski definition) is 5. The van der Waals surface area contributed by atoms with Gasteiger partial charge in [0.1, 0.15) is 5.52 Å². The molecule has 0 saturated carbocycles. The van der Waals surface area contributed by atoms with Crippen LogP contribution >= 0.6 is 12.4 Å². The van der Waals surface area contributed by atoms with Crippen molar-refractivity contribution >= 4 is 40.2 Å². The molecule has 25 heavy (non-hydrogen) atoms. The lowest BCUT2D eigenvalue weighted by Crippen LogP contribution is -2.06. The summed E-state index contributed by atoms with van der Waals surface area (Å²) in [5.74, 6) is 0.457.